The molecule has 0 radical (unpaired) electrons. The number of ketones is 3. The molecule has 2 bridgehead atoms. The van der Waals surface area contributed by atoms with Crippen LogP contribution in [0.5, 0.6) is 0 Å². The van der Waals surface area contributed by atoms with Crippen molar-refractivity contribution in [1.82, 2.24) is 4.90 Å². The van der Waals surface area contributed by atoms with E-state index in [9.17, 15) is 34.2 Å². The Hall–Kier alpha value is -3.33. The number of carbonyl (C=O) groups excluding carboxylic acids is 5. The molecule has 15 atom stereocenters. The van der Waals surface area contributed by atoms with Crippen LogP contribution in [0.4, 0.5) is 0 Å². The standard InChI is InChI=1S/C51H79NO12/c1-30-16-12-11-13-17-31(2)42(60-8)28-38-21-19-32(3)48(63-38)47(57)50(58)52-23-15-14-18-39(52)51(59)64-43(34(5)26-37-20-22-40(53)44(27-37)61-9)29-41(54)33(4)25-36(7)46(56)49(62-10)45(55)35(6)24-30/h11-13,16-17,25,30,32-35,37-40,42-44,46,48-49,53,56H,14-15,18-24,26-29H2,1-10H3/b13-11+,16-12+,31-17+,36-25+/t30-,32-,33-,34-,35-,37?,38+,39?,40-,42+,43+,44-,46-,48?,49+/m1/s1. The lowest BCUT2D eigenvalue weighted by atomic mass is 9.78. The Labute approximate surface area is 382 Å². The Balaban J connectivity index is 1.68. The summed E-state index contributed by atoms with van der Waals surface area (Å²) in [5.41, 5.74) is 1.37. The molecule has 0 aromatic rings. The molecular weight excluding hydrogens is 819 g/mol. The number of piperidine rings is 1. The molecule has 2 saturated heterocycles. The number of aliphatic hydroxyl groups excluding tert-OH is 2. The van der Waals surface area contributed by atoms with Crippen LogP contribution in [0.2, 0.25) is 0 Å². The fourth-order valence-corrected chi connectivity index (χ4v) is 10.1. The zero-order chi connectivity index (χ0) is 47.2. The first-order chi connectivity index (χ1) is 30.4. The van der Waals surface area contributed by atoms with E-state index in [0.717, 1.165) is 12.0 Å². The molecule has 0 aromatic heterocycles. The van der Waals surface area contributed by atoms with Gasteiger partial charge in [-0.15, -0.1) is 0 Å². The van der Waals surface area contributed by atoms with Gasteiger partial charge in [0.1, 0.15) is 36.2 Å². The number of rotatable bonds is 6. The fraction of sp³-hybridized carbons (Fsp3) is 0.745. The van der Waals surface area contributed by atoms with Gasteiger partial charge in [0.15, 0.2) is 5.78 Å². The van der Waals surface area contributed by atoms with Crippen LogP contribution in [0, 0.1) is 35.5 Å². The van der Waals surface area contributed by atoms with Crippen molar-refractivity contribution in [3.05, 3.63) is 47.6 Å². The third kappa shape index (κ3) is 14.6. The summed E-state index contributed by atoms with van der Waals surface area (Å²) in [6.45, 7) is 13.3. The van der Waals surface area contributed by atoms with Crippen LogP contribution in [0.1, 0.15) is 126 Å². The van der Waals surface area contributed by atoms with E-state index < -0.39 is 66.1 Å². The maximum atomic E-state index is 14.3. The van der Waals surface area contributed by atoms with E-state index in [0.29, 0.717) is 69.8 Å². The summed E-state index contributed by atoms with van der Waals surface area (Å²) in [6.07, 6.45) is 12.0. The van der Waals surface area contributed by atoms with E-state index in [1.54, 1.807) is 34.1 Å². The van der Waals surface area contributed by atoms with Crippen molar-refractivity contribution < 1.29 is 57.9 Å². The Bertz CT molecular complexity index is 1700. The zero-order valence-corrected chi connectivity index (χ0v) is 40.2. The second kappa shape index (κ2) is 25.5. The van der Waals surface area contributed by atoms with Crippen LogP contribution in [0.3, 0.4) is 0 Å². The third-order valence-electron chi connectivity index (χ3n) is 14.3. The summed E-state index contributed by atoms with van der Waals surface area (Å²) >= 11 is 0. The molecule has 3 fully saturated rings. The molecule has 3 unspecified atom stereocenters. The minimum Gasteiger partial charge on any atom is -0.460 e. The minimum atomic E-state index is -1.29. The topological polar surface area (TPSA) is 175 Å². The maximum Gasteiger partial charge on any atom is 0.329 e. The molecule has 3 aliphatic heterocycles. The zero-order valence-electron chi connectivity index (χ0n) is 40.2. The first kappa shape index (κ1) is 53.3. The van der Waals surface area contributed by atoms with E-state index >= 15 is 0 Å². The highest BCUT2D eigenvalue weighted by Crippen LogP contribution is 2.35. The van der Waals surface area contributed by atoms with E-state index in [4.69, 9.17) is 23.7 Å². The number of cyclic esters (lactones) is 1. The molecule has 4 aliphatic rings. The van der Waals surface area contributed by atoms with Crippen LogP contribution in [-0.2, 0) is 47.7 Å². The lowest BCUT2D eigenvalue weighted by molar-refractivity contribution is -0.170. The fourth-order valence-electron chi connectivity index (χ4n) is 10.1. The lowest BCUT2D eigenvalue weighted by Gasteiger charge is -2.39. The molecule has 1 aliphatic carbocycles. The second-order valence-electron chi connectivity index (χ2n) is 19.4. The lowest BCUT2D eigenvalue weighted by Crippen LogP contribution is -2.55. The average molecular weight is 898 g/mol. The Morgan fingerprint density at radius 2 is 1.56 bits per heavy atom. The Kier molecular flexibility index (Phi) is 21.3. The van der Waals surface area contributed by atoms with Crippen molar-refractivity contribution in [2.24, 2.45) is 35.5 Å². The van der Waals surface area contributed by atoms with Crippen molar-refractivity contribution in [2.45, 2.75) is 180 Å². The molecule has 0 spiro atoms. The Morgan fingerprint density at radius 1 is 0.828 bits per heavy atom. The molecule has 2 N–H and O–H groups in total. The van der Waals surface area contributed by atoms with Crippen LogP contribution in [0.15, 0.2) is 47.6 Å². The number of hydrogen-bond donors (Lipinski definition) is 2. The number of ether oxygens (including phenoxy) is 5. The van der Waals surface area contributed by atoms with Crippen molar-refractivity contribution in [3.8, 4) is 0 Å². The number of fused-ring (bicyclic) bond motifs is 3. The van der Waals surface area contributed by atoms with Gasteiger partial charge in [-0.05, 0) is 113 Å². The van der Waals surface area contributed by atoms with Gasteiger partial charge in [-0.2, -0.15) is 0 Å². The van der Waals surface area contributed by atoms with Crippen molar-refractivity contribution in [1.29, 1.82) is 0 Å². The van der Waals surface area contributed by atoms with E-state index in [1.807, 2.05) is 65.0 Å². The highest BCUT2D eigenvalue weighted by Gasteiger charge is 2.44. The molecule has 1 saturated carbocycles. The summed E-state index contributed by atoms with van der Waals surface area (Å²) in [4.78, 5) is 71.8. The highest BCUT2D eigenvalue weighted by molar-refractivity contribution is 6.38. The molecule has 0 aromatic carbocycles. The number of Topliss-reactive ketones (excluding diaryl/α,β-unsaturated/α-hetero) is 3. The third-order valence-corrected chi connectivity index (χ3v) is 14.3. The van der Waals surface area contributed by atoms with Gasteiger partial charge in [0, 0.05) is 52.6 Å². The molecule has 4 rings (SSSR count). The smallest absolute Gasteiger partial charge is 0.329 e. The molecule has 13 heteroatoms. The van der Waals surface area contributed by atoms with Crippen molar-refractivity contribution in [2.75, 3.05) is 27.9 Å². The second-order valence-corrected chi connectivity index (χ2v) is 19.4. The van der Waals surface area contributed by atoms with Gasteiger partial charge < -0.3 is 38.8 Å². The van der Waals surface area contributed by atoms with Gasteiger partial charge in [-0.25, -0.2) is 4.79 Å². The SMILES string of the molecule is CO[C@H]1C[C@@H]2CC[C@@H](C)C(O2)C(=O)C(=O)N2CCCCC2C(=O)O[C@H]([C@H](C)CC2CC[C@@H](O)[C@H](OC)C2)CC(=O)[C@H](C)/C=C(\C)[C@@H](O)[C@@H](OC)C(=O)[C@H](C)C[C@H](C)/C=C/C=C/C=C/1C. The number of methoxy groups -OCH3 is 3. The van der Waals surface area contributed by atoms with Crippen LogP contribution in [-0.4, -0.2) is 127 Å². The first-order valence-electron chi connectivity index (χ1n) is 23.8. The number of hydrogen-bond acceptors (Lipinski definition) is 12. The average Bonchev–Trinajstić information content (AvgIpc) is 3.27. The number of esters is 1. The summed E-state index contributed by atoms with van der Waals surface area (Å²) in [6, 6.07) is -1.01. The predicted octanol–water partition coefficient (Wildman–Crippen LogP) is 6.86. The summed E-state index contributed by atoms with van der Waals surface area (Å²) in [7, 11) is 4.61. The summed E-state index contributed by atoms with van der Waals surface area (Å²) in [5, 5.41) is 21.9. The summed E-state index contributed by atoms with van der Waals surface area (Å²) < 4.78 is 29.7. The highest BCUT2D eigenvalue weighted by atomic mass is 16.5. The molecule has 1 amide bonds. The summed E-state index contributed by atoms with van der Waals surface area (Å²) in [5.74, 6) is -4.02. The quantitative estimate of drug-likeness (QED) is 0.161. The van der Waals surface area contributed by atoms with Crippen molar-refractivity contribution in [3.63, 3.8) is 0 Å². The molecule has 13 nitrogen and oxygen atoms in total. The number of nitrogens with zero attached hydrogens (tertiary/aromatic N) is 1. The molecule has 64 heavy (non-hydrogen) atoms. The van der Waals surface area contributed by atoms with E-state index in [-0.39, 0.29) is 66.5 Å². The number of carbonyl (C=O) groups is 5. The number of aliphatic hydroxyl groups is 2. The van der Waals surface area contributed by atoms with Crippen LogP contribution < -0.4 is 0 Å². The monoisotopic (exact) mass is 898 g/mol. The molecular formula is C51H79NO12. The molecule has 360 valence electrons. The largest absolute Gasteiger partial charge is 0.460 e. The maximum absolute atomic E-state index is 14.3. The Morgan fingerprint density at radius 3 is 2.25 bits per heavy atom. The first-order valence-corrected chi connectivity index (χ1v) is 23.8. The van der Waals surface area contributed by atoms with E-state index in [1.165, 1.54) is 12.0 Å². The van der Waals surface area contributed by atoms with Gasteiger partial charge in [0.05, 0.1) is 24.4 Å². The molecule has 3 heterocycles. The van der Waals surface area contributed by atoms with Gasteiger partial charge in [0.2, 0.25) is 5.78 Å². The van der Waals surface area contributed by atoms with Crippen LogP contribution in [0.25, 0.3) is 0 Å². The van der Waals surface area contributed by atoms with Gasteiger partial charge in [-0.3, -0.25) is 19.2 Å². The van der Waals surface area contributed by atoms with Gasteiger partial charge >= 0.3 is 5.97 Å². The number of allylic oxidation sites excluding steroid dienone is 6. The van der Waals surface area contributed by atoms with Crippen LogP contribution >= 0.6 is 0 Å². The van der Waals surface area contributed by atoms with Gasteiger partial charge in [-0.1, -0.05) is 71.1 Å². The minimum absolute atomic E-state index is 0.0463. The van der Waals surface area contributed by atoms with Crippen molar-refractivity contribution >= 4 is 29.2 Å². The van der Waals surface area contributed by atoms with E-state index in [2.05, 4.69) is 0 Å². The number of amides is 1. The van der Waals surface area contributed by atoms with Gasteiger partial charge in [0.25, 0.3) is 5.91 Å². The predicted molar refractivity (Wildman–Crippen MR) is 244 cm³/mol. The normalized spacial score (nSPS) is 39.7.